The van der Waals surface area contributed by atoms with Crippen LogP contribution in [-0.4, -0.2) is 8.07 Å². The standard InChI is InChI=1S/C43H34Si/c1-44(2,3)31-26-27-40-41(28-31)43(36-24-11-17-30-16-7-8-18-33(30)36)39-20-10-9-19-38(39)42(40)37-25-13-22-34-32(21-12-23-35(34)37)29-14-5-4-6-15-29/h4-28H,1-3H3. The first-order valence-corrected chi connectivity index (χ1v) is 19.0. The van der Waals surface area contributed by atoms with Gasteiger partial charge < -0.3 is 0 Å². The van der Waals surface area contributed by atoms with Crippen molar-refractivity contribution in [2.75, 3.05) is 0 Å². The lowest BCUT2D eigenvalue weighted by molar-refractivity contribution is 1.64. The fraction of sp³-hybridized carbons (Fsp3) is 0.0698. The molecule has 0 bridgehead atoms. The molecule has 0 nitrogen and oxygen atoms in total. The van der Waals surface area contributed by atoms with E-state index in [2.05, 4.69) is 171 Å². The number of hydrogen-bond donors (Lipinski definition) is 0. The van der Waals surface area contributed by atoms with E-state index >= 15 is 0 Å². The summed E-state index contributed by atoms with van der Waals surface area (Å²) < 4.78 is 0. The summed E-state index contributed by atoms with van der Waals surface area (Å²) in [6.45, 7) is 7.34. The second-order valence-corrected chi connectivity index (χ2v) is 18.0. The van der Waals surface area contributed by atoms with Crippen LogP contribution in [0.1, 0.15) is 0 Å². The van der Waals surface area contributed by atoms with Gasteiger partial charge in [0.1, 0.15) is 0 Å². The van der Waals surface area contributed by atoms with Crippen molar-refractivity contribution in [2.24, 2.45) is 0 Å². The average Bonchev–Trinajstić information content (AvgIpc) is 3.06. The van der Waals surface area contributed by atoms with Crippen LogP contribution in [-0.2, 0) is 0 Å². The van der Waals surface area contributed by atoms with Gasteiger partial charge in [0, 0.05) is 0 Å². The molecule has 0 aliphatic carbocycles. The largest absolute Gasteiger partial charge is 0.0776 e. The maximum absolute atomic E-state index is 2.52. The van der Waals surface area contributed by atoms with Gasteiger partial charge in [0.05, 0.1) is 8.07 Å². The molecule has 0 saturated carbocycles. The molecule has 0 spiro atoms. The molecule has 44 heavy (non-hydrogen) atoms. The van der Waals surface area contributed by atoms with Crippen LogP contribution in [0, 0.1) is 0 Å². The van der Waals surface area contributed by atoms with Gasteiger partial charge in [0.2, 0.25) is 0 Å². The summed E-state index contributed by atoms with van der Waals surface area (Å²) in [5.41, 5.74) is 7.75. The van der Waals surface area contributed by atoms with Crippen LogP contribution in [0.2, 0.25) is 19.6 Å². The quantitative estimate of drug-likeness (QED) is 0.144. The Labute approximate surface area is 260 Å². The van der Waals surface area contributed by atoms with Gasteiger partial charge in [0.15, 0.2) is 0 Å². The second kappa shape index (κ2) is 10.3. The van der Waals surface area contributed by atoms with Gasteiger partial charge >= 0.3 is 0 Å². The van der Waals surface area contributed by atoms with Crippen molar-refractivity contribution in [1.82, 2.24) is 0 Å². The van der Waals surface area contributed by atoms with Crippen LogP contribution in [0.4, 0.5) is 0 Å². The summed E-state index contributed by atoms with van der Waals surface area (Å²) >= 11 is 0. The Morgan fingerprint density at radius 1 is 0.341 bits per heavy atom. The van der Waals surface area contributed by atoms with Crippen LogP contribution in [0.15, 0.2) is 152 Å². The number of hydrogen-bond acceptors (Lipinski definition) is 0. The zero-order valence-corrected chi connectivity index (χ0v) is 26.4. The minimum atomic E-state index is -1.58. The van der Waals surface area contributed by atoms with Gasteiger partial charge in [-0.1, -0.05) is 176 Å². The Morgan fingerprint density at radius 2 is 0.818 bits per heavy atom. The fourth-order valence-corrected chi connectivity index (χ4v) is 8.23. The molecule has 0 N–H and O–H groups in total. The van der Waals surface area contributed by atoms with Crippen LogP contribution in [0.5, 0.6) is 0 Å². The Balaban J connectivity index is 1.54. The topological polar surface area (TPSA) is 0 Å². The van der Waals surface area contributed by atoms with Gasteiger partial charge in [-0.15, -0.1) is 0 Å². The molecule has 0 radical (unpaired) electrons. The van der Waals surface area contributed by atoms with E-state index in [1.807, 2.05) is 0 Å². The zero-order chi connectivity index (χ0) is 29.8. The third-order valence-electron chi connectivity index (χ3n) is 9.23. The highest BCUT2D eigenvalue weighted by molar-refractivity contribution is 6.88. The first-order valence-electron chi connectivity index (χ1n) is 15.5. The lowest BCUT2D eigenvalue weighted by Crippen LogP contribution is -2.37. The smallest absolute Gasteiger partial charge is 0.0656 e. The summed E-state index contributed by atoms with van der Waals surface area (Å²) in [5, 5.41) is 11.9. The highest BCUT2D eigenvalue weighted by Gasteiger charge is 2.23. The monoisotopic (exact) mass is 578 g/mol. The summed E-state index contributed by atoms with van der Waals surface area (Å²) in [4.78, 5) is 0. The molecule has 8 aromatic rings. The second-order valence-electron chi connectivity index (χ2n) is 12.9. The minimum Gasteiger partial charge on any atom is -0.0656 e. The van der Waals surface area contributed by atoms with Gasteiger partial charge in [0.25, 0.3) is 0 Å². The normalized spacial score (nSPS) is 12.0. The third kappa shape index (κ3) is 4.27. The molecule has 210 valence electrons. The predicted octanol–water partition coefficient (Wildman–Crippen LogP) is 11.8. The molecule has 8 aromatic carbocycles. The molecular formula is C43H34Si. The molecule has 0 atom stereocenters. The molecule has 0 saturated heterocycles. The summed E-state index contributed by atoms with van der Waals surface area (Å²) in [6.07, 6.45) is 0. The molecule has 0 aliphatic heterocycles. The molecule has 0 amide bonds. The van der Waals surface area contributed by atoms with Crippen molar-refractivity contribution in [2.45, 2.75) is 19.6 Å². The molecule has 0 aliphatic rings. The Hall–Kier alpha value is -4.98. The van der Waals surface area contributed by atoms with Crippen molar-refractivity contribution in [1.29, 1.82) is 0 Å². The molecule has 1 heteroatoms. The highest BCUT2D eigenvalue weighted by Crippen LogP contribution is 2.47. The maximum Gasteiger partial charge on any atom is 0.0776 e. The highest BCUT2D eigenvalue weighted by atomic mass is 28.3. The minimum absolute atomic E-state index is 1.25. The van der Waals surface area contributed by atoms with Crippen molar-refractivity contribution >= 4 is 56.4 Å². The molecule has 8 rings (SSSR count). The first kappa shape index (κ1) is 26.6. The van der Waals surface area contributed by atoms with Gasteiger partial charge in [-0.05, 0) is 76.5 Å². The molecule has 0 fully saturated rings. The number of fused-ring (bicyclic) bond motifs is 4. The Morgan fingerprint density at radius 3 is 1.52 bits per heavy atom. The van der Waals surface area contributed by atoms with E-state index in [1.54, 1.807) is 0 Å². The van der Waals surface area contributed by atoms with E-state index in [4.69, 9.17) is 0 Å². The molecule has 0 heterocycles. The van der Waals surface area contributed by atoms with Crippen LogP contribution < -0.4 is 5.19 Å². The lowest BCUT2D eigenvalue weighted by Gasteiger charge is -2.23. The van der Waals surface area contributed by atoms with Crippen LogP contribution in [0.25, 0.3) is 76.5 Å². The van der Waals surface area contributed by atoms with Crippen molar-refractivity contribution in [3.63, 3.8) is 0 Å². The van der Waals surface area contributed by atoms with Crippen LogP contribution in [0.3, 0.4) is 0 Å². The summed E-state index contributed by atoms with van der Waals surface area (Å²) in [6, 6.07) is 56.3. The average molecular weight is 579 g/mol. The lowest BCUT2D eigenvalue weighted by atomic mass is 9.83. The third-order valence-corrected chi connectivity index (χ3v) is 11.3. The van der Waals surface area contributed by atoms with Crippen molar-refractivity contribution in [3.8, 4) is 33.4 Å². The van der Waals surface area contributed by atoms with E-state index in [0.717, 1.165) is 0 Å². The van der Waals surface area contributed by atoms with E-state index in [9.17, 15) is 0 Å². The summed E-state index contributed by atoms with van der Waals surface area (Å²) in [5.74, 6) is 0. The van der Waals surface area contributed by atoms with E-state index in [0.29, 0.717) is 0 Å². The van der Waals surface area contributed by atoms with E-state index < -0.39 is 8.07 Å². The van der Waals surface area contributed by atoms with Crippen molar-refractivity contribution in [3.05, 3.63) is 152 Å². The van der Waals surface area contributed by atoms with Gasteiger partial charge in [-0.2, -0.15) is 0 Å². The first-order chi connectivity index (χ1) is 21.5. The SMILES string of the molecule is C[Si](C)(C)c1ccc2c(-c3cccc4c(-c5ccccc5)cccc34)c3ccccc3c(-c3cccc4ccccc34)c2c1. The Kier molecular flexibility index (Phi) is 6.25. The summed E-state index contributed by atoms with van der Waals surface area (Å²) in [7, 11) is -1.58. The maximum atomic E-state index is 2.52. The Bertz CT molecular complexity index is 2350. The molecule has 0 unspecified atom stereocenters. The van der Waals surface area contributed by atoms with Gasteiger partial charge in [-0.25, -0.2) is 0 Å². The number of rotatable bonds is 4. The molecule has 0 aromatic heterocycles. The van der Waals surface area contributed by atoms with E-state index in [1.165, 1.54) is 81.7 Å². The van der Waals surface area contributed by atoms with Crippen LogP contribution >= 0.6 is 0 Å². The number of benzene rings is 8. The van der Waals surface area contributed by atoms with Gasteiger partial charge in [-0.3, -0.25) is 0 Å². The fourth-order valence-electron chi connectivity index (χ4n) is 7.07. The zero-order valence-electron chi connectivity index (χ0n) is 25.4. The van der Waals surface area contributed by atoms with Crippen molar-refractivity contribution < 1.29 is 0 Å². The molecular weight excluding hydrogens is 545 g/mol. The van der Waals surface area contributed by atoms with E-state index in [-0.39, 0.29) is 0 Å². The predicted molar refractivity (Wildman–Crippen MR) is 196 cm³/mol.